The fourth-order valence-electron chi connectivity index (χ4n) is 3.27. The molecule has 0 amide bonds. The van der Waals surface area contributed by atoms with Gasteiger partial charge in [-0.3, -0.25) is 15.1 Å². The number of hydrogen-bond acceptors (Lipinski definition) is 8. The molecule has 176 valence electrons. The zero-order valence-corrected chi connectivity index (χ0v) is 20.5. The average molecular weight is 530 g/mol. The topological polar surface area (TPSA) is 103 Å². The lowest BCUT2D eigenvalue weighted by Crippen LogP contribution is -2.27. The molecule has 12 heteroatoms. The second kappa shape index (κ2) is 11.6. The monoisotopic (exact) mass is 529 g/mol. The molecule has 0 saturated heterocycles. The molecule has 3 rings (SSSR count). The summed E-state index contributed by atoms with van der Waals surface area (Å²) in [5.41, 5.74) is 1.53. The normalized spacial score (nSPS) is 12.3. The third-order valence-electron chi connectivity index (χ3n) is 4.82. The summed E-state index contributed by atoms with van der Waals surface area (Å²) in [5, 5.41) is 11.6. The van der Waals surface area contributed by atoms with E-state index in [1.165, 1.54) is 12.4 Å². The molecule has 0 aliphatic heterocycles. The van der Waals surface area contributed by atoms with Crippen LogP contribution in [0.25, 0.3) is 0 Å². The van der Waals surface area contributed by atoms with Crippen molar-refractivity contribution in [1.82, 2.24) is 4.98 Å². The molecule has 0 aliphatic rings. The molecule has 0 fully saturated rings. The van der Waals surface area contributed by atoms with E-state index >= 15 is 0 Å². The first kappa shape index (κ1) is 25.2. The van der Waals surface area contributed by atoms with E-state index in [-0.39, 0.29) is 17.2 Å². The number of thiophene rings is 1. The van der Waals surface area contributed by atoms with Crippen molar-refractivity contribution in [1.29, 1.82) is 0 Å². The van der Waals surface area contributed by atoms with E-state index in [1.807, 2.05) is 4.90 Å². The Morgan fingerprint density at radius 1 is 1.12 bits per heavy atom. The van der Waals surface area contributed by atoms with E-state index in [0.29, 0.717) is 36.0 Å². The first-order chi connectivity index (χ1) is 15.9. The SMILES string of the molecule is O=[N+]([O-])c1sccc1CC(c1cccnc1)S(=O)(=O)Oc1ccc(N(CCCl)CCCl)cc1. The summed E-state index contributed by atoms with van der Waals surface area (Å²) >= 11 is 12.6. The Balaban J connectivity index is 1.87. The summed E-state index contributed by atoms with van der Waals surface area (Å²) in [6.45, 7) is 1.19. The van der Waals surface area contributed by atoms with Gasteiger partial charge in [0, 0.05) is 54.9 Å². The number of benzene rings is 1. The molecule has 1 aromatic carbocycles. The predicted octanol–water partition coefficient (Wildman–Crippen LogP) is 5.03. The number of alkyl halides is 2. The Hall–Kier alpha value is -2.40. The fourth-order valence-corrected chi connectivity index (χ4v) is 5.78. The second-order valence-electron chi connectivity index (χ2n) is 6.92. The van der Waals surface area contributed by atoms with Crippen LogP contribution in [0.15, 0.2) is 60.2 Å². The van der Waals surface area contributed by atoms with Crippen molar-refractivity contribution in [2.24, 2.45) is 0 Å². The van der Waals surface area contributed by atoms with Crippen LogP contribution in [0, 0.1) is 10.1 Å². The predicted molar refractivity (Wildman–Crippen MR) is 131 cm³/mol. The number of hydrogen-bond donors (Lipinski definition) is 0. The molecule has 0 bridgehead atoms. The Bertz CT molecular complexity index is 1150. The average Bonchev–Trinajstić information content (AvgIpc) is 3.27. The van der Waals surface area contributed by atoms with Crippen molar-refractivity contribution in [3.63, 3.8) is 0 Å². The minimum Gasteiger partial charge on any atom is -0.382 e. The molecule has 33 heavy (non-hydrogen) atoms. The van der Waals surface area contributed by atoms with Gasteiger partial charge in [-0.1, -0.05) is 17.4 Å². The Labute approximate surface area is 206 Å². The summed E-state index contributed by atoms with van der Waals surface area (Å²) in [5.74, 6) is 0.972. The second-order valence-corrected chi connectivity index (χ2v) is 10.3. The zero-order chi connectivity index (χ0) is 23.8. The number of nitrogens with zero attached hydrogens (tertiary/aromatic N) is 3. The molecular weight excluding hydrogens is 509 g/mol. The standard InChI is InChI=1S/C21H21Cl2N3O5S2/c22-8-11-25(12-9-23)18-3-5-19(6-4-18)31-33(29,30)20(17-2-1-10-24-15-17)14-16-7-13-32-21(16)26(27)28/h1-7,10,13,15,20H,8-9,11-12,14H2. The first-order valence-electron chi connectivity index (χ1n) is 9.86. The first-order valence-corrected chi connectivity index (χ1v) is 13.3. The molecule has 0 N–H and O–H groups in total. The summed E-state index contributed by atoms with van der Waals surface area (Å²) in [4.78, 5) is 16.8. The van der Waals surface area contributed by atoms with Gasteiger partial charge in [0.15, 0.2) is 0 Å². The molecular formula is C21H21Cl2N3O5S2. The van der Waals surface area contributed by atoms with Gasteiger partial charge in [0.2, 0.25) is 0 Å². The Morgan fingerprint density at radius 2 is 1.82 bits per heavy atom. The highest BCUT2D eigenvalue weighted by molar-refractivity contribution is 7.87. The number of anilines is 1. The lowest BCUT2D eigenvalue weighted by Gasteiger charge is -2.23. The van der Waals surface area contributed by atoms with Gasteiger partial charge >= 0.3 is 15.1 Å². The highest BCUT2D eigenvalue weighted by Gasteiger charge is 2.33. The van der Waals surface area contributed by atoms with Gasteiger partial charge < -0.3 is 9.08 Å². The van der Waals surface area contributed by atoms with Gasteiger partial charge in [-0.05, 0) is 47.3 Å². The third kappa shape index (κ3) is 6.57. The van der Waals surface area contributed by atoms with Crippen LogP contribution < -0.4 is 9.08 Å². The number of aromatic nitrogens is 1. The Morgan fingerprint density at radius 3 is 2.39 bits per heavy atom. The maximum atomic E-state index is 13.3. The molecule has 1 unspecified atom stereocenters. The molecule has 2 aromatic heterocycles. The zero-order valence-electron chi connectivity index (χ0n) is 17.3. The minimum atomic E-state index is -4.21. The van der Waals surface area contributed by atoms with Crippen LogP contribution in [0.4, 0.5) is 10.7 Å². The maximum Gasteiger partial charge on any atom is 0.327 e. The summed E-state index contributed by atoms with van der Waals surface area (Å²) in [6.07, 6.45) is 2.82. The number of rotatable bonds is 12. The van der Waals surface area contributed by atoms with Gasteiger partial charge in [-0.25, -0.2) is 0 Å². The van der Waals surface area contributed by atoms with Crippen molar-refractivity contribution in [3.8, 4) is 5.75 Å². The van der Waals surface area contributed by atoms with Crippen LogP contribution in [-0.2, 0) is 16.5 Å². The van der Waals surface area contributed by atoms with Gasteiger partial charge in [-0.15, -0.1) is 23.2 Å². The number of nitro groups is 1. The van der Waals surface area contributed by atoms with E-state index in [1.54, 1.807) is 47.8 Å². The summed E-state index contributed by atoms with van der Waals surface area (Å²) < 4.78 is 32.0. The van der Waals surface area contributed by atoms with Gasteiger partial charge in [0.25, 0.3) is 0 Å². The highest BCUT2D eigenvalue weighted by atomic mass is 35.5. The summed E-state index contributed by atoms with van der Waals surface area (Å²) in [7, 11) is -4.21. The van der Waals surface area contributed by atoms with Gasteiger partial charge in [-0.2, -0.15) is 8.42 Å². The lowest BCUT2D eigenvalue weighted by atomic mass is 10.1. The van der Waals surface area contributed by atoms with E-state index in [4.69, 9.17) is 27.4 Å². The molecule has 0 aliphatic carbocycles. The van der Waals surface area contributed by atoms with Crippen molar-refractivity contribution in [2.45, 2.75) is 11.7 Å². The molecule has 3 aromatic rings. The van der Waals surface area contributed by atoms with Gasteiger partial charge in [0.05, 0.1) is 4.92 Å². The van der Waals surface area contributed by atoms with E-state index < -0.39 is 20.3 Å². The highest BCUT2D eigenvalue weighted by Crippen LogP contribution is 2.35. The van der Waals surface area contributed by atoms with E-state index in [9.17, 15) is 18.5 Å². The molecule has 0 saturated carbocycles. The smallest absolute Gasteiger partial charge is 0.327 e. The van der Waals surface area contributed by atoms with Crippen LogP contribution in [0.5, 0.6) is 5.75 Å². The minimum absolute atomic E-state index is 0.0953. The molecule has 1 atom stereocenters. The maximum absolute atomic E-state index is 13.3. The van der Waals surface area contributed by atoms with Crippen molar-refractivity contribution < 1.29 is 17.5 Å². The quantitative estimate of drug-likeness (QED) is 0.140. The molecule has 0 spiro atoms. The van der Waals surface area contributed by atoms with E-state index in [2.05, 4.69) is 4.98 Å². The van der Waals surface area contributed by atoms with Crippen molar-refractivity contribution in [3.05, 3.63) is 81.5 Å². The number of pyridine rings is 1. The van der Waals surface area contributed by atoms with Crippen LogP contribution in [0.3, 0.4) is 0 Å². The fraction of sp³-hybridized carbons (Fsp3) is 0.286. The van der Waals surface area contributed by atoms with Crippen LogP contribution >= 0.6 is 34.5 Å². The van der Waals surface area contributed by atoms with Gasteiger partial charge in [0.1, 0.15) is 11.0 Å². The van der Waals surface area contributed by atoms with Crippen molar-refractivity contribution >= 4 is 55.3 Å². The molecule has 8 nitrogen and oxygen atoms in total. The lowest BCUT2D eigenvalue weighted by molar-refractivity contribution is -0.380. The van der Waals surface area contributed by atoms with Crippen molar-refractivity contribution in [2.75, 3.05) is 29.7 Å². The third-order valence-corrected chi connectivity index (χ3v) is 7.63. The van der Waals surface area contributed by atoms with Crippen LogP contribution in [-0.4, -0.2) is 43.2 Å². The largest absolute Gasteiger partial charge is 0.382 e. The number of halogens is 2. The molecule has 0 radical (unpaired) electrons. The van der Waals surface area contributed by atoms with E-state index in [0.717, 1.165) is 17.0 Å². The summed E-state index contributed by atoms with van der Waals surface area (Å²) in [6, 6.07) is 11.3. The van der Waals surface area contributed by atoms with Crippen LogP contribution in [0.1, 0.15) is 16.4 Å². The molecule has 2 heterocycles. The Kier molecular flexibility index (Phi) is 8.90. The van der Waals surface area contributed by atoms with Crippen LogP contribution in [0.2, 0.25) is 0 Å².